The van der Waals surface area contributed by atoms with E-state index in [1.165, 1.54) is 11.1 Å². The molecule has 1 amide bonds. The van der Waals surface area contributed by atoms with E-state index in [0.29, 0.717) is 6.54 Å². The first-order valence-corrected chi connectivity index (χ1v) is 8.32. The zero-order valence-corrected chi connectivity index (χ0v) is 14.1. The van der Waals surface area contributed by atoms with E-state index < -0.39 is 0 Å². The summed E-state index contributed by atoms with van der Waals surface area (Å²) in [6, 6.07) is 16.3. The first kappa shape index (κ1) is 17.2. The fourth-order valence-corrected chi connectivity index (χ4v) is 2.41. The molecular weight excluding hydrogens is 284 g/mol. The van der Waals surface area contributed by atoms with Crippen molar-refractivity contribution in [2.45, 2.75) is 33.2 Å². The van der Waals surface area contributed by atoms with Crippen LogP contribution in [0.4, 0.5) is 0 Å². The maximum absolute atomic E-state index is 11.9. The lowest BCUT2D eigenvalue weighted by molar-refractivity contribution is 0.0953. The van der Waals surface area contributed by atoms with Gasteiger partial charge in [-0.3, -0.25) is 4.79 Å². The molecule has 0 saturated heterocycles. The molecule has 2 aromatic rings. The summed E-state index contributed by atoms with van der Waals surface area (Å²) in [6.45, 7) is 6.64. The largest absolute Gasteiger partial charge is 0.352 e. The van der Waals surface area contributed by atoms with Crippen molar-refractivity contribution >= 4 is 5.91 Å². The van der Waals surface area contributed by atoms with Crippen LogP contribution in [0.2, 0.25) is 0 Å². The van der Waals surface area contributed by atoms with Gasteiger partial charge in [-0.25, -0.2) is 0 Å². The van der Waals surface area contributed by atoms with Crippen molar-refractivity contribution in [2.75, 3.05) is 13.1 Å². The Kier molecular flexibility index (Phi) is 6.82. The molecular formula is C20H26N2O. The Morgan fingerprint density at radius 3 is 2.48 bits per heavy atom. The van der Waals surface area contributed by atoms with Gasteiger partial charge in [-0.2, -0.15) is 0 Å². The zero-order valence-electron chi connectivity index (χ0n) is 14.1. The quantitative estimate of drug-likeness (QED) is 0.733. The lowest BCUT2D eigenvalue weighted by Crippen LogP contribution is -2.27. The molecule has 0 unspecified atom stereocenters. The number of aryl methyl sites for hydroxylation is 2. The summed E-state index contributed by atoms with van der Waals surface area (Å²) in [5.41, 5.74) is 4.57. The van der Waals surface area contributed by atoms with Gasteiger partial charge >= 0.3 is 0 Å². The molecule has 0 radical (unpaired) electrons. The Hall–Kier alpha value is -2.13. The molecule has 3 heteroatoms. The second-order valence-corrected chi connectivity index (χ2v) is 5.83. The smallest absolute Gasteiger partial charge is 0.251 e. The summed E-state index contributed by atoms with van der Waals surface area (Å²) in [6.07, 6.45) is 1.99. The van der Waals surface area contributed by atoms with Crippen LogP contribution in [0.5, 0.6) is 0 Å². The molecule has 0 bridgehead atoms. The van der Waals surface area contributed by atoms with Crippen molar-refractivity contribution in [1.29, 1.82) is 0 Å². The molecule has 0 aliphatic rings. The second-order valence-electron chi connectivity index (χ2n) is 5.83. The minimum absolute atomic E-state index is 0.000599. The van der Waals surface area contributed by atoms with E-state index in [1.54, 1.807) is 0 Å². The lowest BCUT2D eigenvalue weighted by Gasteiger charge is -2.08. The first-order chi connectivity index (χ1) is 11.2. The van der Waals surface area contributed by atoms with E-state index in [9.17, 15) is 4.79 Å². The lowest BCUT2D eigenvalue weighted by atomic mass is 10.1. The number of nitrogens with one attached hydrogen (secondary N) is 2. The molecule has 23 heavy (non-hydrogen) atoms. The minimum atomic E-state index is 0.000599. The van der Waals surface area contributed by atoms with Gasteiger partial charge in [0.25, 0.3) is 5.91 Å². The van der Waals surface area contributed by atoms with Gasteiger partial charge in [-0.05, 0) is 49.6 Å². The van der Waals surface area contributed by atoms with E-state index in [-0.39, 0.29) is 5.91 Å². The molecule has 2 rings (SSSR count). The average Bonchev–Trinajstić information content (AvgIpc) is 2.58. The zero-order chi connectivity index (χ0) is 16.5. The third kappa shape index (κ3) is 5.87. The van der Waals surface area contributed by atoms with E-state index in [0.717, 1.165) is 37.1 Å². The summed E-state index contributed by atoms with van der Waals surface area (Å²) in [7, 11) is 0. The van der Waals surface area contributed by atoms with Crippen LogP contribution in [0, 0.1) is 6.92 Å². The van der Waals surface area contributed by atoms with Gasteiger partial charge in [-0.15, -0.1) is 0 Å². The number of amides is 1. The topological polar surface area (TPSA) is 41.1 Å². The van der Waals surface area contributed by atoms with E-state index in [1.807, 2.05) is 31.2 Å². The monoisotopic (exact) mass is 310 g/mol. The van der Waals surface area contributed by atoms with Crippen LogP contribution in [0.25, 0.3) is 0 Å². The van der Waals surface area contributed by atoms with Crippen molar-refractivity contribution in [2.24, 2.45) is 0 Å². The maximum Gasteiger partial charge on any atom is 0.251 e. The molecule has 0 aliphatic heterocycles. The van der Waals surface area contributed by atoms with Crippen LogP contribution in [0.15, 0.2) is 48.5 Å². The van der Waals surface area contributed by atoms with Crippen LogP contribution in [-0.2, 0) is 13.0 Å². The molecule has 0 atom stereocenters. The van der Waals surface area contributed by atoms with Crippen LogP contribution in [0.3, 0.4) is 0 Å². The molecule has 0 aliphatic carbocycles. The molecule has 0 fully saturated rings. The summed E-state index contributed by atoms with van der Waals surface area (Å²) >= 11 is 0. The molecule has 0 spiro atoms. The molecule has 0 heterocycles. The van der Waals surface area contributed by atoms with Crippen LogP contribution in [-0.4, -0.2) is 19.0 Å². The Morgan fingerprint density at radius 2 is 1.74 bits per heavy atom. The predicted molar refractivity (Wildman–Crippen MR) is 95.7 cm³/mol. The molecule has 0 saturated carbocycles. The third-order valence-electron chi connectivity index (χ3n) is 3.86. The molecule has 3 nitrogen and oxygen atoms in total. The van der Waals surface area contributed by atoms with Crippen molar-refractivity contribution in [1.82, 2.24) is 10.6 Å². The molecule has 2 aromatic carbocycles. The average molecular weight is 310 g/mol. The van der Waals surface area contributed by atoms with Gasteiger partial charge in [0.1, 0.15) is 0 Å². The van der Waals surface area contributed by atoms with Gasteiger partial charge in [-0.1, -0.05) is 48.9 Å². The van der Waals surface area contributed by atoms with E-state index in [2.05, 4.69) is 41.8 Å². The van der Waals surface area contributed by atoms with Crippen molar-refractivity contribution in [3.05, 3.63) is 70.8 Å². The molecule has 122 valence electrons. The highest BCUT2D eigenvalue weighted by Gasteiger charge is 2.03. The Morgan fingerprint density at radius 1 is 1.00 bits per heavy atom. The number of hydrogen-bond acceptors (Lipinski definition) is 2. The number of carbonyl (C=O) groups is 1. The van der Waals surface area contributed by atoms with Gasteiger partial charge in [0.05, 0.1) is 0 Å². The highest BCUT2D eigenvalue weighted by Crippen LogP contribution is 2.05. The summed E-state index contributed by atoms with van der Waals surface area (Å²) in [4.78, 5) is 11.9. The van der Waals surface area contributed by atoms with Crippen LogP contribution in [0.1, 0.15) is 40.4 Å². The van der Waals surface area contributed by atoms with Crippen LogP contribution < -0.4 is 10.6 Å². The van der Waals surface area contributed by atoms with Crippen molar-refractivity contribution < 1.29 is 4.79 Å². The number of rotatable bonds is 8. The van der Waals surface area contributed by atoms with Crippen LogP contribution >= 0.6 is 0 Å². The highest BCUT2D eigenvalue weighted by molar-refractivity contribution is 5.94. The van der Waals surface area contributed by atoms with Gasteiger partial charge < -0.3 is 10.6 Å². The van der Waals surface area contributed by atoms with Crippen molar-refractivity contribution in [3.8, 4) is 0 Å². The normalized spacial score (nSPS) is 10.5. The summed E-state index contributed by atoms with van der Waals surface area (Å²) < 4.78 is 0. The Labute approximate surface area is 139 Å². The number of benzene rings is 2. The summed E-state index contributed by atoms with van der Waals surface area (Å²) in [5.74, 6) is 0.000599. The van der Waals surface area contributed by atoms with Crippen molar-refractivity contribution in [3.63, 3.8) is 0 Å². The number of hydrogen-bond donors (Lipinski definition) is 2. The second kappa shape index (κ2) is 9.11. The first-order valence-electron chi connectivity index (χ1n) is 8.32. The van der Waals surface area contributed by atoms with Gasteiger partial charge in [0.15, 0.2) is 0 Å². The number of carbonyl (C=O) groups excluding carboxylic acids is 1. The predicted octanol–water partition coefficient (Wildman–Crippen LogP) is 3.47. The fraction of sp³-hybridized carbons (Fsp3) is 0.350. The third-order valence-corrected chi connectivity index (χ3v) is 3.86. The standard InChI is InChI=1S/C20H26N2O/c1-3-17-6-4-7-18(14-17)15-21-12-5-13-22-20(23)19-10-8-16(2)9-11-19/h4,6-11,14,21H,3,5,12-13,15H2,1-2H3,(H,22,23). The van der Waals surface area contributed by atoms with Gasteiger partial charge in [0, 0.05) is 18.7 Å². The van der Waals surface area contributed by atoms with Gasteiger partial charge in [0.2, 0.25) is 0 Å². The highest BCUT2D eigenvalue weighted by atomic mass is 16.1. The van der Waals surface area contributed by atoms with E-state index in [4.69, 9.17) is 0 Å². The summed E-state index contributed by atoms with van der Waals surface area (Å²) in [5, 5.41) is 6.38. The SMILES string of the molecule is CCc1cccc(CNCCCNC(=O)c2ccc(C)cc2)c1. The fourth-order valence-electron chi connectivity index (χ4n) is 2.41. The minimum Gasteiger partial charge on any atom is -0.352 e. The molecule has 0 aromatic heterocycles. The maximum atomic E-state index is 11.9. The Balaban J connectivity index is 1.62. The Bertz CT molecular complexity index is 620. The van der Waals surface area contributed by atoms with E-state index >= 15 is 0 Å². The molecule has 2 N–H and O–H groups in total.